The first kappa shape index (κ1) is 24.2. The van der Waals surface area contributed by atoms with Gasteiger partial charge in [0.2, 0.25) is 5.88 Å². The molecule has 37 heavy (non-hydrogen) atoms. The summed E-state index contributed by atoms with van der Waals surface area (Å²) in [6, 6.07) is 13.1. The highest BCUT2D eigenvalue weighted by molar-refractivity contribution is 5.93. The predicted molar refractivity (Wildman–Crippen MR) is 125 cm³/mol. The first-order chi connectivity index (χ1) is 17.7. The zero-order valence-corrected chi connectivity index (χ0v) is 19.0. The average Bonchev–Trinajstić information content (AvgIpc) is 3.23. The van der Waals surface area contributed by atoms with Crippen LogP contribution in [0.5, 0.6) is 11.6 Å². The molecular weight excluding hydrogens is 499 g/mol. The predicted octanol–water partition coefficient (Wildman–Crippen LogP) is 5.48. The molecular formula is C25H17F5N4O3. The molecule has 0 aliphatic heterocycles. The fraction of sp³-hybridized carbons (Fsp3) is 0.160. The van der Waals surface area contributed by atoms with Gasteiger partial charge in [0, 0.05) is 42.0 Å². The molecule has 2 aromatic carbocycles. The van der Waals surface area contributed by atoms with Crippen molar-refractivity contribution in [3.8, 4) is 28.4 Å². The molecule has 0 amide bonds. The third-order valence-electron chi connectivity index (χ3n) is 5.52. The van der Waals surface area contributed by atoms with Crippen LogP contribution >= 0.6 is 0 Å². The van der Waals surface area contributed by atoms with Crippen molar-refractivity contribution in [1.82, 2.24) is 19.3 Å². The number of halogens is 5. The van der Waals surface area contributed by atoms with Gasteiger partial charge in [0.1, 0.15) is 5.75 Å². The summed E-state index contributed by atoms with van der Waals surface area (Å²) in [5, 5.41) is 5.51. The average molecular weight is 516 g/mol. The number of pyridine rings is 2. The monoisotopic (exact) mass is 516 g/mol. The molecule has 0 saturated carbocycles. The molecule has 0 saturated heterocycles. The maximum Gasteiger partial charge on any atom is 0.387 e. The van der Waals surface area contributed by atoms with Crippen molar-refractivity contribution in [2.24, 2.45) is 7.05 Å². The van der Waals surface area contributed by atoms with E-state index >= 15 is 0 Å². The first-order valence-electron chi connectivity index (χ1n) is 10.8. The number of hydrogen-bond donors (Lipinski definition) is 0. The number of nitrogens with zero attached hydrogens (tertiary/aromatic N) is 4. The van der Waals surface area contributed by atoms with E-state index in [2.05, 4.69) is 19.6 Å². The van der Waals surface area contributed by atoms with Crippen molar-refractivity contribution in [3.05, 3.63) is 77.3 Å². The van der Waals surface area contributed by atoms with Gasteiger partial charge in [0.05, 0.1) is 16.6 Å². The first-order valence-corrected chi connectivity index (χ1v) is 10.8. The smallest absolute Gasteiger partial charge is 0.387 e. The van der Waals surface area contributed by atoms with Crippen molar-refractivity contribution >= 4 is 21.8 Å². The van der Waals surface area contributed by atoms with E-state index in [1.54, 1.807) is 36.1 Å². The van der Waals surface area contributed by atoms with Gasteiger partial charge in [0.15, 0.2) is 0 Å². The summed E-state index contributed by atoms with van der Waals surface area (Å²) in [5.74, 6) is -0.580. The van der Waals surface area contributed by atoms with Crippen LogP contribution in [0.1, 0.15) is 0 Å². The molecule has 1 atom stereocenters. The summed E-state index contributed by atoms with van der Waals surface area (Å²) in [6.07, 6.45) is -3.01. The maximum absolute atomic E-state index is 13.7. The lowest BCUT2D eigenvalue weighted by molar-refractivity contribution is -0.0688. The van der Waals surface area contributed by atoms with Crippen LogP contribution in [0.3, 0.4) is 0 Å². The number of rotatable bonds is 7. The van der Waals surface area contributed by atoms with Gasteiger partial charge in [-0.25, -0.2) is 13.8 Å². The Morgan fingerprint density at radius 3 is 2.32 bits per heavy atom. The minimum Gasteiger partial charge on any atom is -0.437 e. The second kappa shape index (κ2) is 9.52. The highest BCUT2D eigenvalue weighted by Crippen LogP contribution is 2.30. The van der Waals surface area contributed by atoms with Gasteiger partial charge in [-0.15, -0.1) is 0 Å². The second-order valence-electron chi connectivity index (χ2n) is 8.02. The molecule has 0 aliphatic carbocycles. The van der Waals surface area contributed by atoms with Gasteiger partial charge >= 0.3 is 13.0 Å². The Morgan fingerprint density at radius 1 is 0.865 bits per heavy atom. The van der Waals surface area contributed by atoms with Crippen molar-refractivity contribution in [3.63, 3.8) is 0 Å². The molecule has 3 aromatic heterocycles. The summed E-state index contributed by atoms with van der Waals surface area (Å²) >= 11 is 0. The van der Waals surface area contributed by atoms with E-state index in [0.29, 0.717) is 11.1 Å². The minimum atomic E-state index is -3.39. The topological polar surface area (TPSA) is 71.2 Å². The Bertz CT molecular complexity index is 1650. The number of ether oxygens (including phenoxy) is 2. The van der Waals surface area contributed by atoms with E-state index in [1.807, 2.05) is 0 Å². The fourth-order valence-electron chi connectivity index (χ4n) is 3.95. The Kier molecular flexibility index (Phi) is 6.24. The molecule has 3 heterocycles. The molecule has 190 valence electrons. The van der Waals surface area contributed by atoms with Crippen LogP contribution in [0.2, 0.25) is 0 Å². The van der Waals surface area contributed by atoms with Crippen LogP contribution in [0.4, 0.5) is 22.0 Å². The fourth-order valence-corrected chi connectivity index (χ4v) is 3.95. The van der Waals surface area contributed by atoms with Crippen LogP contribution in [0, 0.1) is 0 Å². The molecule has 7 nitrogen and oxygen atoms in total. The van der Waals surface area contributed by atoms with Crippen molar-refractivity contribution in [1.29, 1.82) is 0 Å². The molecule has 12 heteroatoms. The zero-order valence-electron chi connectivity index (χ0n) is 19.0. The Balaban J connectivity index is 1.71. The molecule has 0 N–H and O–H groups in total. The van der Waals surface area contributed by atoms with Crippen molar-refractivity contribution in [2.45, 2.75) is 19.4 Å². The highest BCUT2D eigenvalue weighted by Gasteiger charge is 2.23. The lowest BCUT2D eigenvalue weighted by Gasteiger charge is -2.14. The number of aryl methyl sites for hydroxylation is 1. The van der Waals surface area contributed by atoms with E-state index in [4.69, 9.17) is 0 Å². The molecule has 5 aromatic rings. The summed E-state index contributed by atoms with van der Waals surface area (Å²) in [6.45, 7) is -3.03. The lowest BCUT2D eigenvalue weighted by atomic mass is 10.0. The molecule has 1 unspecified atom stereocenters. The van der Waals surface area contributed by atoms with Gasteiger partial charge in [-0.1, -0.05) is 12.1 Å². The largest absolute Gasteiger partial charge is 0.437 e. The van der Waals surface area contributed by atoms with E-state index in [0.717, 1.165) is 10.9 Å². The molecule has 0 fully saturated rings. The van der Waals surface area contributed by atoms with Crippen LogP contribution < -0.4 is 15.0 Å². The number of fused-ring (bicyclic) bond motifs is 2. The Labute approximate surface area is 205 Å². The highest BCUT2D eigenvalue weighted by atomic mass is 19.3. The Hall–Kier alpha value is -4.48. The van der Waals surface area contributed by atoms with Crippen LogP contribution in [-0.4, -0.2) is 38.7 Å². The molecule has 0 spiro atoms. The van der Waals surface area contributed by atoms with Crippen LogP contribution in [0.25, 0.3) is 38.6 Å². The summed E-state index contributed by atoms with van der Waals surface area (Å²) in [4.78, 5) is 17.9. The normalized spacial score (nSPS) is 12.5. The standard InChI is InChI=1S/C25H17F5N4O3/c1-33-11-15-10-16(5-8-18(15)32-33)34-12-14-4-9-19(37-23(28)22(26)27)31-21(14)20(24(34)35)13-2-6-17(7-3-13)36-25(29)30/h2-12,22-23,25H,1H3. The molecule has 0 aliphatic rings. The van der Waals surface area contributed by atoms with Gasteiger partial charge < -0.3 is 9.47 Å². The lowest BCUT2D eigenvalue weighted by Crippen LogP contribution is -2.22. The summed E-state index contributed by atoms with van der Waals surface area (Å²) < 4.78 is 76.0. The van der Waals surface area contributed by atoms with Gasteiger partial charge in [-0.2, -0.15) is 18.3 Å². The van der Waals surface area contributed by atoms with E-state index in [1.165, 1.54) is 47.2 Å². The third-order valence-corrected chi connectivity index (χ3v) is 5.52. The van der Waals surface area contributed by atoms with Gasteiger partial charge in [-0.3, -0.25) is 14.0 Å². The van der Waals surface area contributed by atoms with Crippen LogP contribution in [0.15, 0.2) is 71.8 Å². The number of benzene rings is 2. The van der Waals surface area contributed by atoms with Gasteiger partial charge in [-0.05, 0) is 42.0 Å². The van der Waals surface area contributed by atoms with Crippen molar-refractivity contribution < 1.29 is 31.4 Å². The summed E-state index contributed by atoms with van der Waals surface area (Å²) in [7, 11) is 1.77. The third kappa shape index (κ3) is 4.82. The number of aromatic nitrogens is 4. The molecule has 0 radical (unpaired) electrons. The van der Waals surface area contributed by atoms with E-state index < -0.39 is 30.8 Å². The SMILES string of the molecule is Cn1cc2cc(-n3cc4ccc(OC(F)C(F)F)nc4c(-c4ccc(OC(F)F)cc4)c3=O)ccc2n1. The zero-order chi connectivity index (χ0) is 26.3. The van der Waals surface area contributed by atoms with E-state index in [9.17, 15) is 26.7 Å². The molecule has 0 bridgehead atoms. The molecule has 5 rings (SSSR count). The second-order valence-corrected chi connectivity index (χ2v) is 8.02. The quantitative estimate of drug-likeness (QED) is 0.268. The van der Waals surface area contributed by atoms with Gasteiger partial charge in [0.25, 0.3) is 11.9 Å². The number of hydrogen-bond acceptors (Lipinski definition) is 5. The van der Waals surface area contributed by atoms with E-state index in [-0.39, 0.29) is 22.4 Å². The maximum atomic E-state index is 13.7. The summed E-state index contributed by atoms with van der Waals surface area (Å²) in [5.41, 5.74) is 1.03. The minimum absolute atomic E-state index is 0.0188. The Morgan fingerprint density at radius 2 is 1.62 bits per heavy atom. The number of alkyl halides is 5. The van der Waals surface area contributed by atoms with Crippen LogP contribution in [-0.2, 0) is 7.05 Å². The van der Waals surface area contributed by atoms with Crippen molar-refractivity contribution in [2.75, 3.05) is 0 Å².